The number of fused-ring (bicyclic) bond motifs is 9. The second-order valence-electron chi connectivity index (χ2n) is 21.2. The summed E-state index contributed by atoms with van der Waals surface area (Å²) in [6.45, 7) is 5.09. The third-order valence-electron chi connectivity index (χ3n) is 16.5. The predicted molar refractivity (Wildman–Crippen MR) is 334 cm³/mol. The highest BCUT2D eigenvalue weighted by Crippen LogP contribution is 2.43. The van der Waals surface area contributed by atoms with Gasteiger partial charge < -0.3 is 4.57 Å². The highest BCUT2D eigenvalue weighted by molar-refractivity contribution is 7.26. The van der Waals surface area contributed by atoms with Crippen LogP contribution in [0.15, 0.2) is 273 Å². The van der Waals surface area contributed by atoms with Crippen LogP contribution < -0.4 is 10.4 Å². The lowest BCUT2D eigenvalue weighted by Gasteiger charge is -2.21. The molecule has 77 heavy (non-hydrogen) atoms. The Kier molecular flexibility index (Phi) is 10.6. The molecule has 0 aliphatic carbocycles. The van der Waals surface area contributed by atoms with Crippen LogP contribution >= 0.6 is 11.3 Å². The van der Waals surface area contributed by atoms with Crippen molar-refractivity contribution in [2.75, 3.05) is 0 Å². The first-order valence-corrected chi connectivity index (χ1v) is 30.5. The minimum atomic E-state index is -2.14. The molecule has 15 rings (SSSR count). The first-order chi connectivity index (χ1) is 37.9. The molecule has 0 spiro atoms. The topological polar surface area (TPSA) is 4.93 Å². The van der Waals surface area contributed by atoms with Gasteiger partial charge in [-0.3, -0.25) is 0 Å². The molecule has 14 aromatic rings. The summed E-state index contributed by atoms with van der Waals surface area (Å²) in [7, 11) is -2.14. The van der Waals surface area contributed by atoms with E-state index in [1.807, 2.05) is 11.3 Å². The van der Waals surface area contributed by atoms with Crippen LogP contribution in [0, 0.1) is 0 Å². The van der Waals surface area contributed by atoms with E-state index >= 15 is 0 Å². The van der Waals surface area contributed by atoms with Gasteiger partial charge in [-0.1, -0.05) is 244 Å². The summed E-state index contributed by atoms with van der Waals surface area (Å²) in [6.07, 6.45) is 0. The summed E-state index contributed by atoms with van der Waals surface area (Å²) >= 11 is 1.91. The van der Waals surface area contributed by atoms with Gasteiger partial charge in [0.1, 0.15) is 8.07 Å². The van der Waals surface area contributed by atoms with Gasteiger partial charge in [0.15, 0.2) is 0 Å². The van der Waals surface area contributed by atoms with E-state index in [-0.39, 0.29) is 0 Å². The molecular formula is C74H51NSSi. The van der Waals surface area contributed by atoms with Crippen molar-refractivity contribution in [2.45, 2.75) is 13.1 Å². The third-order valence-corrected chi connectivity index (χ3v) is 21.2. The SMILES string of the molecule is C[Si]1(C)c2cc(-c3cccc4c3sc3ccccc34)ccc2-c2ccc(-n3c4ccc(-c5ccc(-c6ccc(-c7ccccc7)cc6)cc5)cc4c4cc(-c5ccc(-c6ccc(-c7ccccc7)cc6)cc5)ccc43)cc21. The zero-order chi connectivity index (χ0) is 51.2. The average Bonchev–Trinajstić information content (AvgIpc) is 4.20. The highest BCUT2D eigenvalue weighted by Gasteiger charge is 2.38. The largest absolute Gasteiger partial charge is 0.309 e. The molecule has 0 saturated carbocycles. The van der Waals surface area contributed by atoms with Crippen LogP contribution in [0.1, 0.15) is 0 Å². The van der Waals surface area contributed by atoms with Gasteiger partial charge >= 0.3 is 0 Å². The Balaban J connectivity index is 0.808. The lowest BCUT2D eigenvalue weighted by atomic mass is 9.96. The Hall–Kier alpha value is -9.12. The second-order valence-corrected chi connectivity index (χ2v) is 26.6. The van der Waals surface area contributed by atoms with Crippen LogP contribution in [0.25, 0.3) is 137 Å². The Morgan fingerprint density at radius 1 is 0.273 bits per heavy atom. The summed E-state index contributed by atoms with van der Waals surface area (Å²) in [4.78, 5) is 0. The third kappa shape index (κ3) is 7.65. The minimum absolute atomic E-state index is 1.20. The molecule has 0 fully saturated rings. The average molecular weight is 1010 g/mol. The van der Waals surface area contributed by atoms with Crippen LogP contribution in [0.3, 0.4) is 0 Å². The van der Waals surface area contributed by atoms with Crippen molar-refractivity contribution in [3.05, 3.63) is 273 Å². The first-order valence-electron chi connectivity index (χ1n) is 26.7. The standard InChI is InChI=1S/C74H51NSSi/c1-77(2)72-46-60(62-17-11-18-66-63-16-9-10-19-71(63)76-74(62)66)36-40-64(72)65-41-39-61(47-73(65)77)75-69-42-37-58(56-32-28-54(29-33-56)52-24-20-50(21-25-52)48-12-5-3-6-13-48)44-67(69)68-45-59(38-43-70(68)75)57-34-30-55(31-35-57)53-26-22-51(23-27-53)49-14-7-4-8-15-49/h3-47H,1-2H3. The molecule has 1 aliphatic rings. The second kappa shape index (κ2) is 18.0. The highest BCUT2D eigenvalue weighted by atomic mass is 32.1. The number of hydrogen-bond acceptors (Lipinski definition) is 1. The van der Waals surface area contributed by atoms with Crippen LogP contribution in [0.2, 0.25) is 13.1 Å². The summed E-state index contributed by atoms with van der Waals surface area (Å²) in [5.74, 6) is 0. The lowest BCUT2D eigenvalue weighted by molar-refractivity contribution is 1.18. The molecule has 3 heteroatoms. The molecule has 0 bridgehead atoms. The van der Waals surface area contributed by atoms with Crippen molar-refractivity contribution in [3.8, 4) is 94.7 Å². The van der Waals surface area contributed by atoms with Crippen molar-refractivity contribution in [1.82, 2.24) is 4.57 Å². The van der Waals surface area contributed by atoms with Crippen molar-refractivity contribution in [1.29, 1.82) is 0 Å². The quantitative estimate of drug-likeness (QED) is 0.134. The van der Waals surface area contributed by atoms with Crippen molar-refractivity contribution in [2.24, 2.45) is 0 Å². The molecule has 0 unspecified atom stereocenters. The van der Waals surface area contributed by atoms with Crippen LogP contribution in [0.4, 0.5) is 0 Å². The zero-order valence-electron chi connectivity index (χ0n) is 42.8. The zero-order valence-corrected chi connectivity index (χ0v) is 44.7. The molecule has 362 valence electrons. The Morgan fingerprint density at radius 3 is 1.17 bits per heavy atom. The fourth-order valence-electron chi connectivity index (χ4n) is 12.3. The van der Waals surface area contributed by atoms with Crippen LogP contribution in [0.5, 0.6) is 0 Å². The molecule has 12 aromatic carbocycles. The fraction of sp³-hybridized carbons (Fsp3) is 0.0270. The molecule has 0 radical (unpaired) electrons. The van der Waals surface area contributed by atoms with Gasteiger partial charge in [0.25, 0.3) is 0 Å². The molecule has 0 amide bonds. The molecule has 1 aliphatic heterocycles. The van der Waals surface area contributed by atoms with Gasteiger partial charge in [-0.05, 0) is 142 Å². The van der Waals surface area contributed by atoms with E-state index in [0.717, 1.165) is 0 Å². The van der Waals surface area contributed by atoms with E-state index in [9.17, 15) is 0 Å². The van der Waals surface area contributed by atoms with Crippen molar-refractivity contribution in [3.63, 3.8) is 0 Å². The van der Waals surface area contributed by atoms with Crippen molar-refractivity contribution < 1.29 is 0 Å². The number of aromatic nitrogens is 1. The summed E-state index contributed by atoms with van der Waals surface area (Å²) in [6, 6.07) is 102. The number of benzene rings is 12. The van der Waals surface area contributed by atoms with Gasteiger partial charge in [-0.2, -0.15) is 0 Å². The number of thiophene rings is 1. The number of rotatable bonds is 8. The predicted octanol–water partition coefficient (Wildman–Crippen LogP) is 19.6. The molecule has 0 saturated heterocycles. The summed E-state index contributed by atoms with van der Waals surface area (Å²) < 4.78 is 5.23. The maximum absolute atomic E-state index is 2.55. The maximum Gasteiger partial charge on any atom is 0.113 e. The van der Waals surface area contributed by atoms with Gasteiger partial charge in [0, 0.05) is 36.6 Å². The molecule has 0 atom stereocenters. The maximum atomic E-state index is 2.55. The van der Waals surface area contributed by atoms with E-state index in [1.54, 1.807) is 0 Å². The Bertz CT molecular complexity index is 4400. The van der Waals surface area contributed by atoms with E-state index in [1.165, 1.54) is 147 Å². The van der Waals surface area contributed by atoms with Crippen molar-refractivity contribution >= 4 is 71.8 Å². The molecule has 2 aromatic heterocycles. The van der Waals surface area contributed by atoms with Gasteiger partial charge in [0.05, 0.1) is 11.0 Å². The molecule has 0 N–H and O–H groups in total. The molecular weight excluding hydrogens is 963 g/mol. The lowest BCUT2D eigenvalue weighted by Crippen LogP contribution is -2.49. The van der Waals surface area contributed by atoms with Crippen LogP contribution in [-0.2, 0) is 0 Å². The number of hydrogen-bond donors (Lipinski definition) is 0. The van der Waals surface area contributed by atoms with Gasteiger partial charge in [0.2, 0.25) is 0 Å². The van der Waals surface area contributed by atoms with Gasteiger partial charge in [-0.15, -0.1) is 11.3 Å². The molecule has 3 heterocycles. The normalized spacial score (nSPS) is 12.6. The molecule has 1 nitrogen and oxygen atoms in total. The van der Waals surface area contributed by atoms with E-state index in [0.29, 0.717) is 0 Å². The number of nitrogens with zero attached hydrogens (tertiary/aromatic N) is 1. The van der Waals surface area contributed by atoms with Crippen LogP contribution in [-0.4, -0.2) is 12.6 Å². The minimum Gasteiger partial charge on any atom is -0.309 e. The van der Waals surface area contributed by atoms with E-state index in [2.05, 4.69) is 291 Å². The Labute approximate surface area is 454 Å². The van der Waals surface area contributed by atoms with E-state index in [4.69, 9.17) is 0 Å². The first kappa shape index (κ1) is 45.3. The van der Waals surface area contributed by atoms with Gasteiger partial charge in [-0.25, -0.2) is 0 Å². The Morgan fingerprint density at radius 2 is 0.662 bits per heavy atom. The summed E-state index contributed by atoms with van der Waals surface area (Å²) in [5, 5.41) is 8.19. The smallest absolute Gasteiger partial charge is 0.113 e. The monoisotopic (exact) mass is 1010 g/mol. The fourth-order valence-corrected chi connectivity index (χ4v) is 16.7. The van der Waals surface area contributed by atoms with E-state index < -0.39 is 8.07 Å². The summed E-state index contributed by atoms with van der Waals surface area (Å²) in [5.41, 5.74) is 23.6.